The number of benzene rings is 1. The highest BCUT2D eigenvalue weighted by atomic mass is 32.2. The highest BCUT2D eigenvalue weighted by molar-refractivity contribution is 7.98. The van der Waals surface area contributed by atoms with Gasteiger partial charge in [0.2, 0.25) is 0 Å². The SMILES string of the molecule is O=[N+]([O-])c1ccc([S+]2C3CCCC2CCC3)cc1. The minimum absolute atomic E-state index is 0.213. The maximum absolute atomic E-state index is 10.7. The fraction of sp³-hybridized carbons (Fsp3) is 0.571. The van der Waals surface area contributed by atoms with Crippen molar-refractivity contribution < 1.29 is 4.92 Å². The Bertz CT molecular complexity index is 424. The minimum Gasteiger partial charge on any atom is -0.258 e. The zero-order chi connectivity index (χ0) is 12.5. The third-order valence-electron chi connectivity index (χ3n) is 4.14. The number of rotatable bonds is 2. The van der Waals surface area contributed by atoms with Gasteiger partial charge in [-0.1, -0.05) is 0 Å². The number of nitro benzene ring substituents is 1. The van der Waals surface area contributed by atoms with Crippen LogP contribution in [-0.4, -0.2) is 15.4 Å². The molecule has 0 unspecified atom stereocenters. The van der Waals surface area contributed by atoms with Gasteiger partial charge in [-0.15, -0.1) is 0 Å². The van der Waals surface area contributed by atoms with Crippen molar-refractivity contribution in [3.05, 3.63) is 34.4 Å². The van der Waals surface area contributed by atoms with E-state index < -0.39 is 0 Å². The van der Waals surface area contributed by atoms with Crippen molar-refractivity contribution in [1.29, 1.82) is 0 Å². The van der Waals surface area contributed by atoms with Gasteiger partial charge in [0.1, 0.15) is 10.5 Å². The first-order valence-electron chi connectivity index (χ1n) is 6.72. The van der Waals surface area contributed by atoms with Gasteiger partial charge in [0.15, 0.2) is 4.90 Å². The van der Waals surface area contributed by atoms with Crippen molar-refractivity contribution >= 4 is 16.6 Å². The van der Waals surface area contributed by atoms with E-state index in [1.54, 1.807) is 12.1 Å². The zero-order valence-electron chi connectivity index (χ0n) is 10.4. The second kappa shape index (κ2) is 4.92. The maximum Gasteiger partial charge on any atom is 0.269 e. The molecule has 2 aliphatic heterocycles. The van der Waals surface area contributed by atoms with Crippen LogP contribution in [0.2, 0.25) is 0 Å². The Hall–Kier alpha value is -1.03. The molecule has 2 bridgehead atoms. The average molecular weight is 264 g/mol. The number of fused-ring (bicyclic) bond motifs is 2. The molecule has 18 heavy (non-hydrogen) atoms. The summed E-state index contributed by atoms with van der Waals surface area (Å²) in [7, 11) is 0.352. The molecule has 0 radical (unpaired) electrons. The lowest BCUT2D eigenvalue weighted by Gasteiger charge is -2.34. The van der Waals surface area contributed by atoms with Crippen LogP contribution in [0.4, 0.5) is 5.69 Å². The van der Waals surface area contributed by atoms with Crippen molar-refractivity contribution in [3.63, 3.8) is 0 Å². The molecule has 2 saturated heterocycles. The molecule has 1 aromatic carbocycles. The summed E-state index contributed by atoms with van der Waals surface area (Å²) in [5.41, 5.74) is 0.213. The minimum atomic E-state index is -0.311. The smallest absolute Gasteiger partial charge is 0.258 e. The van der Waals surface area contributed by atoms with Crippen LogP contribution >= 0.6 is 0 Å². The summed E-state index contributed by atoms with van der Waals surface area (Å²) in [4.78, 5) is 11.7. The van der Waals surface area contributed by atoms with Gasteiger partial charge in [-0.25, -0.2) is 0 Å². The van der Waals surface area contributed by atoms with E-state index in [1.165, 1.54) is 43.4 Å². The van der Waals surface area contributed by atoms with Crippen LogP contribution < -0.4 is 0 Å². The van der Waals surface area contributed by atoms with Crippen LogP contribution in [0, 0.1) is 10.1 Å². The Labute approximate surface area is 110 Å². The molecular formula is C14H18NO2S+. The van der Waals surface area contributed by atoms with E-state index in [1.807, 2.05) is 12.1 Å². The Morgan fingerprint density at radius 3 is 1.94 bits per heavy atom. The van der Waals surface area contributed by atoms with Crippen molar-refractivity contribution in [2.24, 2.45) is 0 Å². The quantitative estimate of drug-likeness (QED) is 0.464. The van der Waals surface area contributed by atoms with Crippen LogP contribution in [0.25, 0.3) is 0 Å². The molecule has 4 heteroatoms. The first-order valence-corrected chi connectivity index (χ1v) is 8.07. The fourth-order valence-electron chi connectivity index (χ4n) is 3.32. The molecular weight excluding hydrogens is 246 g/mol. The van der Waals surface area contributed by atoms with Gasteiger partial charge in [-0.2, -0.15) is 0 Å². The monoisotopic (exact) mass is 264 g/mol. The molecule has 0 spiro atoms. The van der Waals surface area contributed by atoms with Gasteiger partial charge >= 0.3 is 0 Å². The van der Waals surface area contributed by atoms with E-state index in [9.17, 15) is 10.1 Å². The first-order chi connectivity index (χ1) is 8.75. The Balaban J connectivity index is 1.87. The summed E-state index contributed by atoms with van der Waals surface area (Å²) in [6.45, 7) is 0. The molecule has 96 valence electrons. The van der Waals surface area contributed by atoms with Gasteiger partial charge in [0, 0.05) is 23.0 Å². The Morgan fingerprint density at radius 2 is 1.50 bits per heavy atom. The zero-order valence-corrected chi connectivity index (χ0v) is 11.2. The van der Waals surface area contributed by atoms with Gasteiger partial charge in [-0.3, -0.25) is 10.1 Å². The maximum atomic E-state index is 10.7. The molecule has 0 amide bonds. The van der Waals surface area contributed by atoms with Crippen molar-refractivity contribution in [2.75, 3.05) is 0 Å². The van der Waals surface area contributed by atoms with Crippen LogP contribution in [0.3, 0.4) is 0 Å². The van der Waals surface area contributed by atoms with Crippen LogP contribution in [0.15, 0.2) is 29.2 Å². The molecule has 0 aromatic heterocycles. The van der Waals surface area contributed by atoms with Gasteiger partial charge < -0.3 is 0 Å². The lowest BCUT2D eigenvalue weighted by Crippen LogP contribution is -2.40. The molecule has 2 fully saturated rings. The molecule has 3 rings (SSSR count). The second-order valence-corrected chi connectivity index (χ2v) is 7.78. The van der Waals surface area contributed by atoms with E-state index in [2.05, 4.69) is 0 Å². The van der Waals surface area contributed by atoms with Crippen LogP contribution in [0.1, 0.15) is 38.5 Å². The Morgan fingerprint density at radius 1 is 1.00 bits per heavy atom. The van der Waals surface area contributed by atoms with Crippen molar-refractivity contribution in [2.45, 2.75) is 53.9 Å². The van der Waals surface area contributed by atoms with Gasteiger partial charge in [0.05, 0.1) is 4.92 Å². The fourth-order valence-corrected chi connectivity index (χ4v) is 6.77. The predicted molar refractivity (Wildman–Crippen MR) is 74.0 cm³/mol. The highest BCUT2D eigenvalue weighted by Crippen LogP contribution is 2.42. The topological polar surface area (TPSA) is 43.1 Å². The first kappa shape index (κ1) is 12.0. The molecule has 1 aromatic rings. The number of nitro groups is 1. The summed E-state index contributed by atoms with van der Waals surface area (Å²) < 4.78 is 0. The van der Waals surface area contributed by atoms with E-state index in [0.717, 1.165) is 10.5 Å². The summed E-state index contributed by atoms with van der Waals surface area (Å²) >= 11 is 0. The van der Waals surface area contributed by atoms with Gasteiger partial charge in [0.25, 0.3) is 5.69 Å². The lowest BCUT2D eigenvalue weighted by atomic mass is 9.99. The Kier molecular flexibility index (Phi) is 3.29. The molecule has 0 atom stereocenters. The largest absolute Gasteiger partial charge is 0.269 e. The molecule has 0 saturated carbocycles. The number of hydrogen-bond acceptors (Lipinski definition) is 2. The van der Waals surface area contributed by atoms with E-state index in [4.69, 9.17) is 0 Å². The molecule has 0 N–H and O–H groups in total. The van der Waals surface area contributed by atoms with Crippen LogP contribution in [0.5, 0.6) is 0 Å². The van der Waals surface area contributed by atoms with Crippen molar-refractivity contribution in [1.82, 2.24) is 0 Å². The number of nitrogens with zero attached hydrogens (tertiary/aromatic N) is 1. The van der Waals surface area contributed by atoms with E-state index >= 15 is 0 Å². The average Bonchev–Trinajstić information content (AvgIpc) is 2.38. The highest BCUT2D eigenvalue weighted by Gasteiger charge is 2.45. The standard InChI is InChI=1S/C14H18NO2S/c16-15(17)11-7-9-14(10-8-11)18-12-3-1-4-13(18)6-2-5-12/h7-10,12-13H,1-6H2/q+1. The molecule has 3 nitrogen and oxygen atoms in total. The predicted octanol–water partition coefficient (Wildman–Crippen LogP) is 3.68. The van der Waals surface area contributed by atoms with E-state index in [-0.39, 0.29) is 10.6 Å². The third-order valence-corrected chi connectivity index (χ3v) is 7.34. The van der Waals surface area contributed by atoms with E-state index in [0.29, 0.717) is 10.9 Å². The number of hydrogen-bond donors (Lipinski definition) is 0. The van der Waals surface area contributed by atoms with Crippen LogP contribution in [-0.2, 0) is 10.9 Å². The summed E-state index contributed by atoms with van der Waals surface area (Å²) in [5, 5.41) is 12.4. The summed E-state index contributed by atoms with van der Waals surface area (Å²) in [6, 6.07) is 7.34. The normalized spacial score (nSPS) is 31.0. The lowest BCUT2D eigenvalue weighted by molar-refractivity contribution is -0.384. The number of non-ortho nitro benzene ring substituents is 1. The summed E-state index contributed by atoms with van der Waals surface area (Å²) in [6.07, 6.45) is 8.19. The molecule has 2 heterocycles. The molecule has 0 aliphatic carbocycles. The van der Waals surface area contributed by atoms with Crippen molar-refractivity contribution in [3.8, 4) is 0 Å². The third kappa shape index (κ3) is 2.14. The second-order valence-electron chi connectivity index (χ2n) is 5.23. The summed E-state index contributed by atoms with van der Waals surface area (Å²) in [5.74, 6) is 0. The molecule has 2 aliphatic rings. The van der Waals surface area contributed by atoms with Gasteiger partial charge in [-0.05, 0) is 50.7 Å².